The van der Waals surface area contributed by atoms with Gasteiger partial charge in [0, 0.05) is 19.1 Å². The molecule has 0 aliphatic heterocycles. The molecule has 1 heterocycles. The third-order valence-electron chi connectivity index (χ3n) is 5.24. The number of benzene rings is 1. The molecule has 3 rings (SSSR count). The molecule has 162 valence electrons. The van der Waals surface area contributed by atoms with Gasteiger partial charge >= 0.3 is 0 Å². The number of hydrogen-bond donors (Lipinski definition) is 3. The SMILES string of the molecule is CCNC(=NCCCc1nn(-c2ccccc2)c(N)c1C#N)NC1CCCCC1.I. The first kappa shape index (κ1) is 24.0. The Morgan fingerprint density at radius 3 is 2.67 bits per heavy atom. The maximum atomic E-state index is 9.53. The molecule has 4 N–H and O–H groups in total. The zero-order valence-corrected chi connectivity index (χ0v) is 19.9. The fraction of sp³-hybridized carbons (Fsp3) is 0.500. The first-order valence-electron chi connectivity index (χ1n) is 10.6. The van der Waals surface area contributed by atoms with Crippen molar-refractivity contribution >= 4 is 35.8 Å². The van der Waals surface area contributed by atoms with Gasteiger partial charge in [0.15, 0.2) is 5.96 Å². The molecule has 1 aliphatic carbocycles. The van der Waals surface area contributed by atoms with Crippen LogP contribution in [0.15, 0.2) is 35.3 Å². The minimum absolute atomic E-state index is 0. The zero-order valence-electron chi connectivity index (χ0n) is 17.6. The summed E-state index contributed by atoms with van der Waals surface area (Å²) < 4.78 is 1.64. The molecule has 0 amide bonds. The Labute approximate surface area is 196 Å². The second-order valence-corrected chi connectivity index (χ2v) is 7.41. The molecule has 0 unspecified atom stereocenters. The average molecular weight is 521 g/mol. The van der Waals surface area contributed by atoms with E-state index in [0.717, 1.165) is 30.3 Å². The Morgan fingerprint density at radius 1 is 1.27 bits per heavy atom. The van der Waals surface area contributed by atoms with E-state index >= 15 is 0 Å². The van der Waals surface area contributed by atoms with Crippen molar-refractivity contribution < 1.29 is 0 Å². The fourth-order valence-corrected chi connectivity index (χ4v) is 3.74. The van der Waals surface area contributed by atoms with Gasteiger partial charge in [-0.05, 0) is 44.7 Å². The van der Waals surface area contributed by atoms with Crippen LogP contribution in [-0.2, 0) is 6.42 Å². The minimum atomic E-state index is 0. The number of para-hydroxylation sites is 1. The molecule has 30 heavy (non-hydrogen) atoms. The second kappa shape index (κ2) is 12.4. The topological polar surface area (TPSA) is 104 Å². The number of nitrogens with zero attached hydrogens (tertiary/aromatic N) is 4. The Kier molecular flexibility index (Phi) is 9.94. The molecule has 1 aromatic heterocycles. The third-order valence-corrected chi connectivity index (χ3v) is 5.24. The van der Waals surface area contributed by atoms with Crippen molar-refractivity contribution in [3.05, 3.63) is 41.6 Å². The van der Waals surface area contributed by atoms with Gasteiger partial charge < -0.3 is 16.4 Å². The molecule has 1 aromatic carbocycles. The Balaban J connectivity index is 0.00000320. The highest BCUT2D eigenvalue weighted by Gasteiger charge is 2.17. The highest BCUT2D eigenvalue weighted by molar-refractivity contribution is 14.0. The van der Waals surface area contributed by atoms with E-state index in [9.17, 15) is 5.26 Å². The Morgan fingerprint density at radius 2 is 2.00 bits per heavy atom. The van der Waals surface area contributed by atoms with E-state index in [1.165, 1.54) is 32.1 Å². The predicted molar refractivity (Wildman–Crippen MR) is 132 cm³/mol. The summed E-state index contributed by atoms with van der Waals surface area (Å²) in [4.78, 5) is 4.71. The monoisotopic (exact) mass is 521 g/mol. The molecule has 7 nitrogen and oxygen atoms in total. The van der Waals surface area contributed by atoms with Crippen molar-refractivity contribution in [3.8, 4) is 11.8 Å². The number of hydrogen-bond acceptors (Lipinski definition) is 4. The van der Waals surface area contributed by atoms with E-state index < -0.39 is 0 Å². The van der Waals surface area contributed by atoms with Crippen LogP contribution in [0.5, 0.6) is 0 Å². The summed E-state index contributed by atoms with van der Waals surface area (Å²) in [6.45, 7) is 3.59. The van der Waals surface area contributed by atoms with Crippen LogP contribution in [-0.4, -0.2) is 34.9 Å². The number of nitrogens with two attached hydrogens (primary N) is 1. The van der Waals surface area contributed by atoms with Crippen molar-refractivity contribution in [1.82, 2.24) is 20.4 Å². The van der Waals surface area contributed by atoms with E-state index in [2.05, 4.69) is 28.7 Å². The highest BCUT2D eigenvalue weighted by atomic mass is 127. The number of anilines is 1. The van der Waals surface area contributed by atoms with E-state index in [4.69, 9.17) is 10.7 Å². The summed E-state index contributed by atoms with van der Waals surface area (Å²) in [5.41, 5.74) is 8.23. The maximum Gasteiger partial charge on any atom is 0.191 e. The number of aliphatic imine (C=N–C) groups is 1. The smallest absolute Gasteiger partial charge is 0.191 e. The molecular weight excluding hydrogens is 489 g/mol. The summed E-state index contributed by atoms with van der Waals surface area (Å²) >= 11 is 0. The molecule has 0 saturated heterocycles. The second-order valence-electron chi connectivity index (χ2n) is 7.41. The van der Waals surface area contributed by atoms with Gasteiger partial charge in [0.25, 0.3) is 0 Å². The van der Waals surface area contributed by atoms with E-state index in [-0.39, 0.29) is 24.0 Å². The van der Waals surface area contributed by atoms with Crippen molar-refractivity contribution in [2.24, 2.45) is 4.99 Å². The van der Waals surface area contributed by atoms with Gasteiger partial charge in [0.05, 0.1) is 11.4 Å². The van der Waals surface area contributed by atoms with Crippen LogP contribution in [0.25, 0.3) is 5.69 Å². The van der Waals surface area contributed by atoms with Crippen LogP contribution < -0.4 is 16.4 Å². The average Bonchev–Trinajstić information content (AvgIpc) is 3.08. The van der Waals surface area contributed by atoms with E-state index in [1.54, 1.807) is 4.68 Å². The van der Waals surface area contributed by atoms with E-state index in [0.29, 0.717) is 30.4 Å². The van der Waals surface area contributed by atoms with Crippen LogP contribution in [0.4, 0.5) is 5.82 Å². The molecule has 0 atom stereocenters. The van der Waals surface area contributed by atoms with Crippen molar-refractivity contribution in [1.29, 1.82) is 5.26 Å². The molecule has 0 radical (unpaired) electrons. The predicted octanol–water partition coefficient (Wildman–Crippen LogP) is 3.76. The van der Waals surface area contributed by atoms with Crippen molar-refractivity contribution in [2.45, 2.75) is 57.9 Å². The van der Waals surface area contributed by atoms with Crippen LogP contribution in [0.3, 0.4) is 0 Å². The van der Waals surface area contributed by atoms with Gasteiger partial charge in [-0.15, -0.1) is 24.0 Å². The normalized spacial score (nSPS) is 14.6. The zero-order chi connectivity index (χ0) is 20.5. The highest BCUT2D eigenvalue weighted by Crippen LogP contribution is 2.21. The molecule has 1 saturated carbocycles. The quantitative estimate of drug-likeness (QED) is 0.223. The summed E-state index contributed by atoms with van der Waals surface area (Å²) in [6.07, 6.45) is 7.82. The minimum Gasteiger partial charge on any atom is -0.382 e. The molecule has 0 bridgehead atoms. The molecule has 8 heteroatoms. The van der Waals surface area contributed by atoms with Gasteiger partial charge in [-0.3, -0.25) is 4.99 Å². The Bertz CT molecular complexity index is 848. The number of aromatic nitrogens is 2. The lowest BCUT2D eigenvalue weighted by Gasteiger charge is -2.24. The lowest BCUT2D eigenvalue weighted by atomic mass is 9.96. The molecule has 1 fully saturated rings. The summed E-state index contributed by atoms with van der Waals surface area (Å²) in [6, 6.07) is 12.4. The Hall–Kier alpha value is -2.28. The number of guanidine groups is 1. The van der Waals surface area contributed by atoms with Crippen molar-refractivity contribution in [2.75, 3.05) is 18.8 Å². The van der Waals surface area contributed by atoms with Gasteiger partial charge in [-0.2, -0.15) is 10.4 Å². The molecule has 2 aromatic rings. The van der Waals surface area contributed by atoms with Crippen LogP contribution in [0.1, 0.15) is 56.7 Å². The lowest BCUT2D eigenvalue weighted by Crippen LogP contribution is -2.44. The van der Waals surface area contributed by atoms with Gasteiger partial charge in [-0.25, -0.2) is 4.68 Å². The third kappa shape index (κ3) is 6.36. The fourth-order valence-electron chi connectivity index (χ4n) is 3.74. The first-order valence-corrected chi connectivity index (χ1v) is 10.6. The van der Waals surface area contributed by atoms with Crippen LogP contribution in [0, 0.1) is 11.3 Å². The molecular formula is C22H32IN7. The van der Waals surface area contributed by atoms with Gasteiger partial charge in [0.1, 0.15) is 17.5 Å². The van der Waals surface area contributed by atoms with Gasteiger partial charge in [0.2, 0.25) is 0 Å². The number of rotatable bonds is 7. The number of nitrogen functional groups attached to an aromatic ring is 1. The van der Waals surface area contributed by atoms with Crippen molar-refractivity contribution in [3.63, 3.8) is 0 Å². The molecule has 0 spiro atoms. The first-order chi connectivity index (χ1) is 14.2. The van der Waals surface area contributed by atoms with Crippen LogP contribution >= 0.6 is 24.0 Å². The van der Waals surface area contributed by atoms with Gasteiger partial charge in [-0.1, -0.05) is 37.5 Å². The van der Waals surface area contributed by atoms with Crippen LogP contribution in [0.2, 0.25) is 0 Å². The standard InChI is InChI=1S/C22H31N7.HI/c1-2-25-22(27-17-10-5-3-6-11-17)26-15-9-14-20-19(16-23)21(24)29(28-20)18-12-7-4-8-13-18;/h4,7-8,12-13,17H,2-3,5-6,9-11,14-15,24H2,1H3,(H2,25,26,27);1H. The summed E-state index contributed by atoms with van der Waals surface area (Å²) in [5, 5.41) is 21.0. The number of aryl methyl sites for hydroxylation is 1. The number of halogens is 1. The summed E-state index contributed by atoms with van der Waals surface area (Å²) in [5.74, 6) is 1.28. The number of nitriles is 1. The number of nitrogens with one attached hydrogen (secondary N) is 2. The molecule has 1 aliphatic rings. The maximum absolute atomic E-state index is 9.53. The van der Waals surface area contributed by atoms with E-state index in [1.807, 2.05) is 30.3 Å². The summed E-state index contributed by atoms with van der Waals surface area (Å²) in [7, 11) is 0. The lowest BCUT2D eigenvalue weighted by molar-refractivity contribution is 0.410. The largest absolute Gasteiger partial charge is 0.382 e.